The summed E-state index contributed by atoms with van der Waals surface area (Å²) in [5.41, 5.74) is 1.17. The molecule has 0 heterocycles. The van der Waals surface area contributed by atoms with Crippen LogP contribution < -0.4 is 5.32 Å². The third-order valence-corrected chi connectivity index (χ3v) is 5.63. The smallest absolute Gasteiger partial charge is 0.377 e. The van der Waals surface area contributed by atoms with Crippen LogP contribution in [0.2, 0.25) is 0 Å². The number of hydrogen-bond donors (Lipinski definition) is 1. The maximum Gasteiger partial charge on any atom is 0.506 e. The van der Waals surface area contributed by atoms with Crippen molar-refractivity contribution < 1.29 is 13.3 Å². The summed E-state index contributed by atoms with van der Waals surface area (Å²) in [6.07, 6.45) is 0.826. The van der Waals surface area contributed by atoms with Crippen LogP contribution in [0.4, 0.5) is 0 Å². The van der Waals surface area contributed by atoms with Crippen LogP contribution >= 0.6 is 0 Å². The summed E-state index contributed by atoms with van der Waals surface area (Å²) in [5.74, 6) is 0. The molecular formula is C13H23NO3Si. The second-order valence-electron chi connectivity index (χ2n) is 4.06. The van der Waals surface area contributed by atoms with Gasteiger partial charge in [-0.2, -0.15) is 0 Å². The topological polar surface area (TPSA) is 39.7 Å². The maximum absolute atomic E-state index is 6.02. The zero-order valence-electron chi connectivity index (χ0n) is 11.6. The molecule has 1 atom stereocenters. The molecule has 0 fully saturated rings. The van der Waals surface area contributed by atoms with E-state index in [4.69, 9.17) is 13.3 Å². The summed E-state index contributed by atoms with van der Waals surface area (Å²) < 4.78 is 17.2. The number of hydrogen-bond acceptors (Lipinski definition) is 4. The molecule has 0 radical (unpaired) electrons. The summed E-state index contributed by atoms with van der Waals surface area (Å²) in [7, 11) is 2.53. The fraction of sp³-hybridized carbons (Fsp3) is 0.538. The Labute approximate surface area is 111 Å². The molecule has 0 amide bonds. The molecule has 0 saturated carbocycles. The van der Waals surface area contributed by atoms with Gasteiger partial charge in [0.2, 0.25) is 0 Å². The second kappa shape index (κ2) is 7.65. The van der Waals surface area contributed by atoms with Crippen molar-refractivity contribution >= 4 is 8.80 Å². The molecule has 4 nitrogen and oxygen atoms in total. The van der Waals surface area contributed by atoms with Gasteiger partial charge in [0.25, 0.3) is 0 Å². The zero-order chi connectivity index (χ0) is 13.4. The van der Waals surface area contributed by atoms with Crippen LogP contribution in [0.3, 0.4) is 0 Å². The Hall–Kier alpha value is -0.723. The largest absolute Gasteiger partial charge is 0.506 e. The molecule has 0 spiro atoms. The molecule has 1 unspecified atom stereocenters. The molecule has 1 aromatic rings. The average Bonchev–Trinajstić information content (AvgIpc) is 2.44. The van der Waals surface area contributed by atoms with Crippen LogP contribution in [0.5, 0.6) is 0 Å². The van der Waals surface area contributed by atoms with Gasteiger partial charge in [0.05, 0.1) is 0 Å². The van der Waals surface area contributed by atoms with Crippen LogP contribution in [-0.2, 0) is 19.3 Å². The van der Waals surface area contributed by atoms with Crippen LogP contribution in [0.1, 0.15) is 18.9 Å². The summed E-state index contributed by atoms with van der Waals surface area (Å²) >= 11 is 0. The molecular weight excluding hydrogens is 246 g/mol. The first-order valence-corrected chi connectivity index (χ1v) is 8.12. The van der Waals surface area contributed by atoms with E-state index in [1.54, 1.807) is 14.2 Å². The van der Waals surface area contributed by atoms with E-state index in [-0.39, 0.29) is 6.23 Å². The Balaban J connectivity index is 2.79. The highest BCUT2D eigenvalue weighted by Gasteiger charge is 2.41. The molecule has 0 aromatic heterocycles. The van der Waals surface area contributed by atoms with E-state index in [9.17, 15) is 0 Å². The van der Waals surface area contributed by atoms with Gasteiger partial charge in [-0.3, -0.25) is 5.32 Å². The van der Waals surface area contributed by atoms with E-state index in [0.29, 0.717) is 6.04 Å². The van der Waals surface area contributed by atoms with E-state index in [2.05, 4.69) is 24.4 Å². The summed E-state index contributed by atoms with van der Waals surface area (Å²) in [6, 6.07) is 10.8. The normalized spacial score (nSPS) is 13.6. The van der Waals surface area contributed by atoms with Gasteiger partial charge in [0.1, 0.15) is 6.23 Å². The van der Waals surface area contributed by atoms with Gasteiger partial charge in [-0.1, -0.05) is 37.3 Å². The second-order valence-corrected chi connectivity index (χ2v) is 6.83. The van der Waals surface area contributed by atoms with Gasteiger partial charge in [-0.25, -0.2) is 0 Å². The molecule has 0 saturated heterocycles. The van der Waals surface area contributed by atoms with Crippen molar-refractivity contribution in [2.75, 3.05) is 21.3 Å². The van der Waals surface area contributed by atoms with E-state index in [1.165, 1.54) is 5.56 Å². The van der Waals surface area contributed by atoms with E-state index < -0.39 is 8.80 Å². The Morgan fingerprint density at radius 2 is 1.78 bits per heavy atom. The van der Waals surface area contributed by atoms with Gasteiger partial charge in [-0.05, 0) is 19.0 Å². The summed E-state index contributed by atoms with van der Waals surface area (Å²) in [4.78, 5) is 0. The molecule has 102 valence electrons. The van der Waals surface area contributed by atoms with Crippen molar-refractivity contribution in [3.05, 3.63) is 35.9 Å². The van der Waals surface area contributed by atoms with Crippen LogP contribution in [-0.4, -0.2) is 36.3 Å². The predicted molar refractivity (Wildman–Crippen MR) is 74.1 cm³/mol. The van der Waals surface area contributed by atoms with Crippen molar-refractivity contribution in [2.24, 2.45) is 0 Å². The lowest BCUT2D eigenvalue weighted by Gasteiger charge is -2.30. The molecule has 0 aliphatic heterocycles. The maximum atomic E-state index is 6.02. The van der Waals surface area contributed by atoms with Gasteiger partial charge in [0.15, 0.2) is 0 Å². The molecule has 1 rings (SSSR count). The van der Waals surface area contributed by atoms with E-state index >= 15 is 0 Å². The van der Waals surface area contributed by atoms with Gasteiger partial charge in [0, 0.05) is 20.3 Å². The van der Waals surface area contributed by atoms with Crippen LogP contribution in [0, 0.1) is 0 Å². The molecule has 0 aliphatic carbocycles. The lowest BCUT2D eigenvalue weighted by molar-refractivity contribution is 0.0403. The minimum atomic E-state index is -2.65. The Morgan fingerprint density at radius 1 is 1.17 bits per heavy atom. The van der Waals surface area contributed by atoms with Gasteiger partial charge >= 0.3 is 8.80 Å². The number of benzene rings is 1. The Kier molecular flexibility index (Phi) is 6.52. The summed E-state index contributed by atoms with van der Waals surface area (Å²) in [5, 5.41) is 3.11. The fourth-order valence-corrected chi connectivity index (χ4v) is 3.96. The van der Waals surface area contributed by atoms with Crippen molar-refractivity contribution in [1.29, 1.82) is 0 Å². The highest BCUT2D eigenvalue weighted by atomic mass is 28.4. The molecule has 1 N–H and O–H groups in total. The highest BCUT2D eigenvalue weighted by molar-refractivity contribution is 6.60. The third-order valence-electron chi connectivity index (χ3n) is 2.90. The minimum absolute atomic E-state index is 0.0414. The molecule has 0 bridgehead atoms. The molecule has 18 heavy (non-hydrogen) atoms. The first-order valence-electron chi connectivity index (χ1n) is 6.19. The van der Waals surface area contributed by atoms with Crippen molar-refractivity contribution in [3.63, 3.8) is 0 Å². The standard InChI is InChI=1S/C13H23NO3Si/c1-5-13(14-2)17-18(15-3,16-4)11-12-9-7-6-8-10-12/h6-10,13-14H,5,11H2,1-4H3. The van der Waals surface area contributed by atoms with E-state index in [0.717, 1.165) is 6.42 Å². The van der Waals surface area contributed by atoms with Crippen LogP contribution in [0.25, 0.3) is 0 Å². The Morgan fingerprint density at radius 3 is 2.22 bits per heavy atom. The van der Waals surface area contributed by atoms with Gasteiger partial charge in [-0.15, -0.1) is 0 Å². The quantitative estimate of drug-likeness (QED) is 0.578. The number of nitrogens with one attached hydrogen (secondary N) is 1. The fourth-order valence-electron chi connectivity index (χ4n) is 1.77. The third kappa shape index (κ3) is 4.19. The molecule has 0 aliphatic rings. The first-order chi connectivity index (χ1) is 8.69. The van der Waals surface area contributed by atoms with Crippen molar-refractivity contribution in [2.45, 2.75) is 25.6 Å². The van der Waals surface area contributed by atoms with Crippen LogP contribution in [0.15, 0.2) is 30.3 Å². The first kappa shape index (κ1) is 15.3. The zero-order valence-corrected chi connectivity index (χ0v) is 12.6. The molecule has 1 aromatic carbocycles. The Bertz CT molecular complexity index is 326. The summed E-state index contributed by atoms with van der Waals surface area (Å²) in [6.45, 7) is 2.06. The number of rotatable bonds is 8. The highest BCUT2D eigenvalue weighted by Crippen LogP contribution is 2.17. The lowest BCUT2D eigenvalue weighted by Crippen LogP contribution is -2.51. The van der Waals surface area contributed by atoms with Crippen molar-refractivity contribution in [1.82, 2.24) is 5.32 Å². The molecule has 5 heteroatoms. The monoisotopic (exact) mass is 269 g/mol. The predicted octanol–water partition coefficient (Wildman–Crippen LogP) is 1.97. The van der Waals surface area contributed by atoms with Crippen molar-refractivity contribution in [3.8, 4) is 0 Å². The van der Waals surface area contributed by atoms with Gasteiger partial charge < -0.3 is 13.3 Å². The minimum Gasteiger partial charge on any atom is -0.377 e. The van der Waals surface area contributed by atoms with E-state index in [1.807, 2.05) is 25.2 Å². The SMILES string of the molecule is CCC(NC)O[Si](Cc1ccccc1)(OC)OC. The average molecular weight is 269 g/mol. The lowest BCUT2D eigenvalue weighted by atomic mass is 10.2.